The first-order valence-corrected chi connectivity index (χ1v) is 8.23. The topological polar surface area (TPSA) is 38.8 Å². The Bertz CT molecular complexity index is 625. The minimum atomic E-state index is -0.311. The van der Waals surface area contributed by atoms with Crippen molar-refractivity contribution in [3.63, 3.8) is 0 Å². The average Bonchev–Trinajstić information content (AvgIpc) is 2.63. The lowest BCUT2D eigenvalue weighted by molar-refractivity contribution is -0.144. The molecule has 0 aromatic heterocycles. The number of anilines is 1. The Labute approximate surface area is 144 Å². The molecule has 2 rings (SSSR count). The number of rotatable bonds is 8. The van der Waals surface area contributed by atoms with E-state index < -0.39 is 0 Å². The SMILES string of the molecule is CCOC(=O)C(CCc1ccc(OC)cc1)N(C)c1ccccc1. The van der Waals surface area contributed by atoms with Crippen LogP contribution in [-0.2, 0) is 16.0 Å². The molecule has 128 valence electrons. The summed E-state index contributed by atoms with van der Waals surface area (Å²) in [5.41, 5.74) is 2.18. The number of methoxy groups -OCH3 is 1. The molecule has 0 spiro atoms. The highest BCUT2D eigenvalue weighted by molar-refractivity contribution is 5.80. The number of carbonyl (C=O) groups is 1. The number of hydrogen-bond acceptors (Lipinski definition) is 4. The summed E-state index contributed by atoms with van der Waals surface area (Å²) in [5.74, 6) is 0.652. The van der Waals surface area contributed by atoms with E-state index >= 15 is 0 Å². The molecule has 2 aromatic rings. The summed E-state index contributed by atoms with van der Waals surface area (Å²) < 4.78 is 10.4. The van der Waals surface area contributed by atoms with Gasteiger partial charge < -0.3 is 14.4 Å². The molecule has 24 heavy (non-hydrogen) atoms. The molecule has 0 radical (unpaired) electrons. The lowest BCUT2D eigenvalue weighted by Gasteiger charge is -2.28. The first kappa shape index (κ1) is 17.9. The summed E-state index contributed by atoms with van der Waals surface area (Å²) in [5, 5.41) is 0. The number of likely N-dealkylation sites (N-methyl/N-ethyl adjacent to an activating group) is 1. The summed E-state index contributed by atoms with van der Waals surface area (Å²) >= 11 is 0. The van der Waals surface area contributed by atoms with Crippen LogP contribution in [0.2, 0.25) is 0 Å². The maximum absolute atomic E-state index is 12.4. The lowest BCUT2D eigenvalue weighted by atomic mass is 10.0. The van der Waals surface area contributed by atoms with Crippen LogP contribution in [0.1, 0.15) is 18.9 Å². The van der Waals surface area contributed by atoms with E-state index in [2.05, 4.69) is 0 Å². The van der Waals surface area contributed by atoms with Gasteiger partial charge in [-0.05, 0) is 49.6 Å². The molecule has 0 saturated heterocycles. The second-order valence-corrected chi connectivity index (χ2v) is 5.60. The van der Waals surface area contributed by atoms with Crippen LogP contribution >= 0.6 is 0 Å². The molecule has 1 atom stereocenters. The molecule has 4 heteroatoms. The van der Waals surface area contributed by atoms with Crippen LogP contribution in [0.3, 0.4) is 0 Å². The van der Waals surface area contributed by atoms with Crippen LogP contribution in [0.15, 0.2) is 54.6 Å². The summed E-state index contributed by atoms with van der Waals surface area (Å²) in [7, 11) is 3.59. The summed E-state index contributed by atoms with van der Waals surface area (Å²) in [6.45, 7) is 2.22. The molecule has 0 aliphatic carbocycles. The fourth-order valence-electron chi connectivity index (χ4n) is 2.65. The maximum Gasteiger partial charge on any atom is 0.328 e. The van der Waals surface area contributed by atoms with E-state index in [0.717, 1.165) is 17.9 Å². The van der Waals surface area contributed by atoms with Gasteiger partial charge in [-0.15, -0.1) is 0 Å². The minimum Gasteiger partial charge on any atom is -0.497 e. The Morgan fingerprint density at radius 2 is 1.75 bits per heavy atom. The first-order chi connectivity index (χ1) is 11.7. The maximum atomic E-state index is 12.4. The van der Waals surface area contributed by atoms with E-state index in [1.165, 1.54) is 5.56 Å². The molecule has 0 aliphatic heterocycles. The van der Waals surface area contributed by atoms with Crippen LogP contribution in [-0.4, -0.2) is 32.8 Å². The van der Waals surface area contributed by atoms with Crippen molar-refractivity contribution >= 4 is 11.7 Å². The Hall–Kier alpha value is -2.49. The molecule has 4 nitrogen and oxygen atoms in total. The van der Waals surface area contributed by atoms with Crippen LogP contribution in [0, 0.1) is 0 Å². The fourth-order valence-corrected chi connectivity index (χ4v) is 2.65. The normalized spacial score (nSPS) is 11.6. The van der Waals surface area contributed by atoms with Crippen molar-refractivity contribution in [2.45, 2.75) is 25.8 Å². The summed E-state index contributed by atoms with van der Waals surface area (Å²) in [6, 6.07) is 17.5. The number of para-hydroxylation sites is 1. The van der Waals surface area contributed by atoms with E-state index in [9.17, 15) is 4.79 Å². The van der Waals surface area contributed by atoms with Crippen LogP contribution < -0.4 is 9.64 Å². The summed E-state index contributed by atoms with van der Waals surface area (Å²) in [4.78, 5) is 14.4. The Balaban J connectivity index is 2.09. The highest BCUT2D eigenvalue weighted by atomic mass is 16.5. The smallest absolute Gasteiger partial charge is 0.328 e. The largest absolute Gasteiger partial charge is 0.497 e. The van der Waals surface area contributed by atoms with Gasteiger partial charge in [0.05, 0.1) is 13.7 Å². The number of esters is 1. The van der Waals surface area contributed by atoms with Gasteiger partial charge in [-0.25, -0.2) is 4.79 Å². The average molecular weight is 327 g/mol. The molecule has 0 fully saturated rings. The van der Waals surface area contributed by atoms with Gasteiger partial charge in [0.25, 0.3) is 0 Å². The predicted octanol–water partition coefficient (Wildman–Crippen LogP) is 3.70. The number of hydrogen-bond donors (Lipinski definition) is 0. The molecule has 0 N–H and O–H groups in total. The highest BCUT2D eigenvalue weighted by Crippen LogP contribution is 2.20. The van der Waals surface area contributed by atoms with E-state index in [1.807, 2.05) is 73.5 Å². The first-order valence-electron chi connectivity index (χ1n) is 8.23. The molecule has 0 aliphatic rings. The molecule has 2 aromatic carbocycles. The molecular formula is C20H25NO3. The van der Waals surface area contributed by atoms with Crippen molar-refractivity contribution in [1.82, 2.24) is 0 Å². The van der Waals surface area contributed by atoms with Gasteiger partial charge in [0, 0.05) is 12.7 Å². The molecule has 1 unspecified atom stereocenters. The van der Waals surface area contributed by atoms with Crippen LogP contribution in [0.4, 0.5) is 5.69 Å². The molecule has 0 heterocycles. The van der Waals surface area contributed by atoms with Crippen molar-refractivity contribution in [1.29, 1.82) is 0 Å². The third-order valence-corrected chi connectivity index (χ3v) is 4.06. The van der Waals surface area contributed by atoms with Crippen LogP contribution in [0.25, 0.3) is 0 Å². The van der Waals surface area contributed by atoms with Crippen molar-refractivity contribution in [3.05, 3.63) is 60.2 Å². The third kappa shape index (κ3) is 4.75. The second kappa shape index (κ2) is 8.96. The molecule has 0 saturated carbocycles. The van der Waals surface area contributed by atoms with Gasteiger partial charge in [-0.1, -0.05) is 30.3 Å². The second-order valence-electron chi connectivity index (χ2n) is 5.60. The predicted molar refractivity (Wildman–Crippen MR) is 96.6 cm³/mol. The van der Waals surface area contributed by atoms with E-state index in [-0.39, 0.29) is 12.0 Å². The van der Waals surface area contributed by atoms with E-state index in [1.54, 1.807) is 7.11 Å². The van der Waals surface area contributed by atoms with Crippen LogP contribution in [0.5, 0.6) is 5.75 Å². The number of carbonyl (C=O) groups excluding carboxylic acids is 1. The van der Waals surface area contributed by atoms with Crippen molar-refractivity contribution in [2.75, 3.05) is 25.7 Å². The number of nitrogens with zero attached hydrogens (tertiary/aromatic N) is 1. The zero-order chi connectivity index (χ0) is 17.4. The standard InChI is InChI=1S/C20H25NO3/c1-4-24-20(22)19(21(2)17-8-6-5-7-9-17)15-12-16-10-13-18(23-3)14-11-16/h5-11,13-14,19H,4,12,15H2,1-3H3. The quantitative estimate of drug-likeness (QED) is 0.693. The zero-order valence-corrected chi connectivity index (χ0v) is 14.6. The van der Waals surface area contributed by atoms with Gasteiger partial charge in [0.2, 0.25) is 0 Å². The molecular weight excluding hydrogens is 302 g/mol. The Morgan fingerprint density at radius 3 is 2.33 bits per heavy atom. The lowest BCUT2D eigenvalue weighted by Crippen LogP contribution is -2.40. The van der Waals surface area contributed by atoms with Crippen molar-refractivity contribution in [3.8, 4) is 5.75 Å². The third-order valence-electron chi connectivity index (χ3n) is 4.06. The number of aryl methyl sites for hydroxylation is 1. The van der Waals surface area contributed by atoms with Gasteiger partial charge in [-0.2, -0.15) is 0 Å². The Morgan fingerprint density at radius 1 is 1.08 bits per heavy atom. The molecule has 0 bridgehead atoms. The van der Waals surface area contributed by atoms with Gasteiger partial charge in [-0.3, -0.25) is 0 Å². The monoisotopic (exact) mass is 327 g/mol. The van der Waals surface area contributed by atoms with E-state index in [4.69, 9.17) is 9.47 Å². The van der Waals surface area contributed by atoms with Gasteiger partial charge in [0.15, 0.2) is 0 Å². The van der Waals surface area contributed by atoms with Gasteiger partial charge >= 0.3 is 5.97 Å². The minimum absolute atomic E-state index is 0.183. The van der Waals surface area contributed by atoms with Gasteiger partial charge in [0.1, 0.15) is 11.8 Å². The number of ether oxygens (including phenoxy) is 2. The van der Waals surface area contributed by atoms with Crippen molar-refractivity contribution < 1.29 is 14.3 Å². The molecule has 0 amide bonds. The van der Waals surface area contributed by atoms with E-state index in [0.29, 0.717) is 13.0 Å². The highest BCUT2D eigenvalue weighted by Gasteiger charge is 2.24. The summed E-state index contributed by atoms with van der Waals surface area (Å²) in [6.07, 6.45) is 1.49. The zero-order valence-electron chi connectivity index (χ0n) is 14.6. The fraction of sp³-hybridized carbons (Fsp3) is 0.350. The van der Waals surface area contributed by atoms with Crippen molar-refractivity contribution in [2.24, 2.45) is 0 Å². The number of benzene rings is 2. The Kier molecular flexibility index (Phi) is 6.67.